The van der Waals surface area contributed by atoms with Crippen molar-refractivity contribution in [2.45, 2.75) is 26.2 Å². The van der Waals surface area contributed by atoms with Crippen molar-refractivity contribution in [2.24, 2.45) is 7.05 Å². The molecule has 1 rings (SSSR count). The zero-order valence-corrected chi connectivity index (χ0v) is 9.39. The molecule has 0 N–H and O–H groups in total. The van der Waals surface area contributed by atoms with E-state index in [0.29, 0.717) is 0 Å². The predicted molar refractivity (Wildman–Crippen MR) is 57.9 cm³/mol. The van der Waals surface area contributed by atoms with Crippen molar-refractivity contribution in [1.82, 2.24) is 9.78 Å². The number of aromatic nitrogens is 2. The third kappa shape index (κ3) is 2.90. The van der Waals surface area contributed by atoms with Gasteiger partial charge >= 0.3 is 0 Å². The molecule has 0 fully saturated rings. The zero-order chi connectivity index (χ0) is 11.6. The molecule has 0 amide bonds. The standard InChI is InChI=1S/C10H15N3O2/c1-10(2,3)9-8(5-6-13(14)15)7-12(4)11-9/h5-7H,1-4H3/b6-5+. The molecule has 0 saturated carbocycles. The summed E-state index contributed by atoms with van der Waals surface area (Å²) < 4.78 is 1.67. The van der Waals surface area contributed by atoms with E-state index >= 15 is 0 Å². The Morgan fingerprint density at radius 3 is 2.60 bits per heavy atom. The van der Waals surface area contributed by atoms with E-state index in [1.165, 1.54) is 6.08 Å². The number of hydrogen-bond donors (Lipinski definition) is 0. The van der Waals surface area contributed by atoms with E-state index in [1.54, 1.807) is 17.9 Å². The maximum absolute atomic E-state index is 10.2. The second kappa shape index (κ2) is 3.84. The average molecular weight is 209 g/mol. The normalized spacial score (nSPS) is 12.3. The lowest BCUT2D eigenvalue weighted by Crippen LogP contribution is -2.13. The van der Waals surface area contributed by atoms with Crippen LogP contribution < -0.4 is 0 Å². The van der Waals surface area contributed by atoms with Crippen LogP contribution in [0.5, 0.6) is 0 Å². The SMILES string of the molecule is Cn1cc(/C=C/[N+](=O)[O-])c(C(C)(C)C)n1. The summed E-state index contributed by atoms with van der Waals surface area (Å²) in [5, 5.41) is 14.5. The number of nitro groups is 1. The molecule has 0 aliphatic heterocycles. The van der Waals surface area contributed by atoms with Gasteiger partial charge in [-0.2, -0.15) is 5.10 Å². The molecule has 0 aromatic carbocycles. The first-order chi connectivity index (χ1) is 6.80. The van der Waals surface area contributed by atoms with Gasteiger partial charge in [0.25, 0.3) is 0 Å². The molecule has 0 aliphatic rings. The number of rotatable bonds is 2. The van der Waals surface area contributed by atoms with Gasteiger partial charge in [0.2, 0.25) is 6.20 Å². The third-order valence-electron chi connectivity index (χ3n) is 1.94. The molecule has 0 atom stereocenters. The summed E-state index contributed by atoms with van der Waals surface area (Å²) in [6, 6.07) is 0. The monoisotopic (exact) mass is 209 g/mol. The first-order valence-electron chi connectivity index (χ1n) is 4.66. The Bertz CT molecular complexity index is 399. The minimum atomic E-state index is -0.473. The highest BCUT2D eigenvalue weighted by atomic mass is 16.6. The van der Waals surface area contributed by atoms with Crippen LogP contribution in [0.15, 0.2) is 12.4 Å². The van der Waals surface area contributed by atoms with Gasteiger partial charge in [-0.1, -0.05) is 20.8 Å². The van der Waals surface area contributed by atoms with Gasteiger partial charge in [-0.3, -0.25) is 14.8 Å². The lowest BCUT2D eigenvalue weighted by Gasteiger charge is -2.15. The highest BCUT2D eigenvalue weighted by Crippen LogP contribution is 2.24. The maximum Gasteiger partial charge on any atom is 0.235 e. The summed E-state index contributed by atoms with van der Waals surface area (Å²) in [5.74, 6) is 0. The van der Waals surface area contributed by atoms with E-state index in [-0.39, 0.29) is 5.41 Å². The quantitative estimate of drug-likeness (QED) is 0.552. The van der Waals surface area contributed by atoms with Crippen molar-refractivity contribution in [1.29, 1.82) is 0 Å². The van der Waals surface area contributed by atoms with Crippen LogP contribution in [0.3, 0.4) is 0 Å². The predicted octanol–water partition coefficient (Wildman–Crippen LogP) is 1.97. The maximum atomic E-state index is 10.2. The zero-order valence-electron chi connectivity index (χ0n) is 9.39. The van der Waals surface area contributed by atoms with Crippen molar-refractivity contribution in [3.8, 4) is 0 Å². The van der Waals surface area contributed by atoms with Gasteiger partial charge in [-0.05, 0) is 0 Å². The van der Waals surface area contributed by atoms with Crippen LogP contribution in [0.4, 0.5) is 0 Å². The summed E-state index contributed by atoms with van der Waals surface area (Å²) >= 11 is 0. The Labute approximate surface area is 88.6 Å². The number of nitrogens with zero attached hydrogens (tertiary/aromatic N) is 3. The summed E-state index contributed by atoms with van der Waals surface area (Å²) in [6.45, 7) is 6.08. The largest absolute Gasteiger partial charge is 0.275 e. The van der Waals surface area contributed by atoms with Crippen LogP contribution >= 0.6 is 0 Å². The fourth-order valence-corrected chi connectivity index (χ4v) is 1.35. The molecule has 15 heavy (non-hydrogen) atoms. The van der Waals surface area contributed by atoms with Crippen LogP contribution in [0.1, 0.15) is 32.0 Å². The molecule has 5 nitrogen and oxygen atoms in total. The van der Waals surface area contributed by atoms with Crippen molar-refractivity contribution in [2.75, 3.05) is 0 Å². The van der Waals surface area contributed by atoms with E-state index in [0.717, 1.165) is 17.5 Å². The lowest BCUT2D eigenvalue weighted by molar-refractivity contribution is -0.400. The fraction of sp³-hybridized carbons (Fsp3) is 0.500. The molecule has 82 valence electrons. The van der Waals surface area contributed by atoms with Crippen molar-refractivity contribution in [3.05, 3.63) is 33.8 Å². The van der Waals surface area contributed by atoms with Gasteiger partial charge < -0.3 is 0 Å². The van der Waals surface area contributed by atoms with Crippen molar-refractivity contribution in [3.63, 3.8) is 0 Å². The average Bonchev–Trinajstić information content (AvgIpc) is 2.42. The Hall–Kier alpha value is -1.65. The summed E-state index contributed by atoms with van der Waals surface area (Å²) in [5.41, 5.74) is 1.54. The van der Waals surface area contributed by atoms with Crippen LogP contribution in [0.2, 0.25) is 0 Å². The molecule has 0 unspecified atom stereocenters. The number of aryl methyl sites for hydroxylation is 1. The fourth-order valence-electron chi connectivity index (χ4n) is 1.35. The van der Waals surface area contributed by atoms with E-state index in [4.69, 9.17) is 0 Å². The van der Waals surface area contributed by atoms with Crippen LogP contribution in [-0.2, 0) is 12.5 Å². The van der Waals surface area contributed by atoms with Gasteiger partial charge in [0.15, 0.2) is 0 Å². The molecule has 0 saturated heterocycles. The Morgan fingerprint density at radius 2 is 2.13 bits per heavy atom. The molecular formula is C10H15N3O2. The van der Waals surface area contributed by atoms with Crippen molar-refractivity contribution >= 4 is 6.08 Å². The highest BCUT2D eigenvalue weighted by molar-refractivity contribution is 5.51. The molecular weight excluding hydrogens is 194 g/mol. The van der Waals surface area contributed by atoms with Gasteiger partial charge in [-0.25, -0.2) is 0 Å². The second-order valence-corrected chi connectivity index (χ2v) is 4.46. The second-order valence-electron chi connectivity index (χ2n) is 4.46. The van der Waals surface area contributed by atoms with Crippen molar-refractivity contribution < 1.29 is 4.92 Å². The van der Waals surface area contributed by atoms with E-state index in [9.17, 15) is 10.1 Å². The van der Waals surface area contributed by atoms with E-state index in [2.05, 4.69) is 5.10 Å². The molecule has 1 aromatic rings. The molecule has 0 bridgehead atoms. The van der Waals surface area contributed by atoms with E-state index < -0.39 is 4.92 Å². The van der Waals surface area contributed by atoms with Crippen LogP contribution in [0.25, 0.3) is 6.08 Å². The first-order valence-corrected chi connectivity index (χ1v) is 4.66. The molecule has 1 aromatic heterocycles. The molecule has 0 aliphatic carbocycles. The third-order valence-corrected chi connectivity index (χ3v) is 1.94. The number of hydrogen-bond acceptors (Lipinski definition) is 3. The summed E-state index contributed by atoms with van der Waals surface area (Å²) in [6.07, 6.45) is 4.19. The smallest absolute Gasteiger partial charge is 0.235 e. The first kappa shape index (κ1) is 11.4. The van der Waals surface area contributed by atoms with Crippen LogP contribution in [0, 0.1) is 10.1 Å². The molecule has 0 radical (unpaired) electrons. The van der Waals surface area contributed by atoms with Gasteiger partial charge in [0.1, 0.15) is 0 Å². The highest BCUT2D eigenvalue weighted by Gasteiger charge is 2.20. The minimum Gasteiger partial charge on any atom is -0.275 e. The van der Waals surface area contributed by atoms with Gasteiger partial charge in [0.05, 0.1) is 10.6 Å². The lowest BCUT2D eigenvalue weighted by atomic mass is 9.89. The topological polar surface area (TPSA) is 61.0 Å². The van der Waals surface area contributed by atoms with Gasteiger partial charge in [-0.15, -0.1) is 0 Å². The Kier molecular flexibility index (Phi) is 2.93. The molecule has 0 spiro atoms. The molecule has 5 heteroatoms. The van der Waals surface area contributed by atoms with Gasteiger partial charge in [0, 0.05) is 30.3 Å². The Morgan fingerprint density at radius 1 is 1.53 bits per heavy atom. The minimum absolute atomic E-state index is 0.114. The van der Waals surface area contributed by atoms with Crippen LogP contribution in [-0.4, -0.2) is 14.7 Å². The van der Waals surface area contributed by atoms with E-state index in [1.807, 2.05) is 20.8 Å². The molecule has 1 heterocycles. The summed E-state index contributed by atoms with van der Waals surface area (Å²) in [4.78, 5) is 9.76. The summed E-state index contributed by atoms with van der Waals surface area (Å²) in [7, 11) is 1.80. The Balaban J connectivity index is 3.13.